The highest BCUT2D eigenvalue weighted by Crippen LogP contribution is 2.06. The van der Waals surface area contributed by atoms with Crippen molar-refractivity contribution in [3.8, 4) is 12.1 Å². The predicted octanol–water partition coefficient (Wildman–Crippen LogP) is 1.87. The molecule has 0 aliphatic rings. The predicted molar refractivity (Wildman–Crippen MR) is 64.1 cm³/mol. The summed E-state index contributed by atoms with van der Waals surface area (Å²) in [6.45, 7) is 0.768. The second-order valence-electron chi connectivity index (χ2n) is 3.78. The molecule has 0 fully saturated rings. The molecule has 0 aliphatic carbocycles. The van der Waals surface area contributed by atoms with E-state index in [1.54, 1.807) is 17.2 Å². The minimum Gasteiger partial charge on any atom is -0.469 e. The largest absolute Gasteiger partial charge is 0.469 e. The minimum atomic E-state index is -0.0445. The van der Waals surface area contributed by atoms with Gasteiger partial charge in [0.1, 0.15) is 5.76 Å². The summed E-state index contributed by atoms with van der Waals surface area (Å²) in [4.78, 5) is 13.5. The SMILES string of the molecule is N#CCCN(CCC#N)C(=O)CCc1ccco1. The number of nitrogens with zero attached hydrogens (tertiary/aromatic N) is 3. The first-order chi connectivity index (χ1) is 8.77. The Balaban J connectivity index is 2.42. The van der Waals surface area contributed by atoms with E-state index < -0.39 is 0 Å². The molecule has 0 bridgehead atoms. The number of nitriles is 2. The van der Waals surface area contributed by atoms with Crippen LogP contribution in [0.25, 0.3) is 0 Å². The third-order valence-corrected chi connectivity index (χ3v) is 2.51. The number of carbonyl (C=O) groups excluding carboxylic acids is 1. The maximum Gasteiger partial charge on any atom is 0.223 e. The van der Waals surface area contributed by atoms with Gasteiger partial charge in [0, 0.05) is 25.9 Å². The van der Waals surface area contributed by atoms with E-state index in [1.165, 1.54) is 0 Å². The molecule has 0 saturated carbocycles. The van der Waals surface area contributed by atoms with Crippen molar-refractivity contribution >= 4 is 5.91 Å². The van der Waals surface area contributed by atoms with Crippen LogP contribution in [0.3, 0.4) is 0 Å². The van der Waals surface area contributed by atoms with Gasteiger partial charge in [0.15, 0.2) is 0 Å². The summed E-state index contributed by atoms with van der Waals surface area (Å²) in [5.41, 5.74) is 0. The van der Waals surface area contributed by atoms with E-state index >= 15 is 0 Å². The van der Waals surface area contributed by atoms with Gasteiger partial charge in [-0.1, -0.05) is 0 Å². The zero-order valence-electron chi connectivity index (χ0n) is 10.1. The van der Waals surface area contributed by atoms with Crippen LogP contribution in [-0.4, -0.2) is 23.9 Å². The molecule has 5 nitrogen and oxygen atoms in total. The fourth-order valence-electron chi connectivity index (χ4n) is 1.57. The van der Waals surface area contributed by atoms with Crippen LogP contribution in [0.5, 0.6) is 0 Å². The Labute approximate surface area is 106 Å². The summed E-state index contributed by atoms with van der Waals surface area (Å²) in [7, 11) is 0. The van der Waals surface area contributed by atoms with Crippen LogP contribution in [0.15, 0.2) is 22.8 Å². The van der Waals surface area contributed by atoms with Crippen molar-refractivity contribution in [1.29, 1.82) is 10.5 Å². The maximum absolute atomic E-state index is 11.9. The second kappa shape index (κ2) is 7.92. The number of hydrogen-bond donors (Lipinski definition) is 0. The minimum absolute atomic E-state index is 0.0445. The van der Waals surface area contributed by atoms with E-state index in [1.807, 2.05) is 18.2 Å². The zero-order chi connectivity index (χ0) is 13.2. The molecule has 0 aliphatic heterocycles. The van der Waals surface area contributed by atoms with E-state index in [0.29, 0.717) is 25.9 Å². The summed E-state index contributed by atoms with van der Waals surface area (Å²) in [5.74, 6) is 0.723. The summed E-state index contributed by atoms with van der Waals surface area (Å²) in [6.07, 6.45) is 3.03. The second-order valence-corrected chi connectivity index (χ2v) is 3.78. The number of rotatable bonds is 7. The molecule has 0 unspecified atom stereocenters. The molecule has 0 radical (unpaired) electrons. The molecule has 1 aromatic heterocycles. The van der Waals surface area contributed by atoms with Crippen molar-refractivity contribution in [2.24, 2.45) is 0 Å². The van der Waals surface area contributed by atoms with Crippen molar-refractivity contribution in [3.63, 3.8) is 0 Å². The molecular formula is C13H15N3O2. The Morgan fingerprint density at radius 2 is 1.94 bits per heavy atom. The Morgan fingerprint density at radius 3 is 2.44 bits per heavy atom. The van der Waals surface area contributed by atoms with Crippen LogP contribution in [0.2, 0.25) is 0 Å². The first kappa shape index (κ1) is 13.8. The Bertz CT molecular complexity index is 422. The first-order valence-corrected chi connectivity index (χ1v) is 5.82. The number of amides is 1. The normalized spacial score (nSPS) is 9.44. The third kappa shape index (κ3) is 4.71. The third-order valence-electron chi connectivity index (χ3n) is 2.51. The number of aryl methyl sites for hydroxylation is 1. The molecule has 0 saturated heterocycles. The van der Waals surface area contributed by atoms with Crippen LogP contribution in [0.1, 0.15) is 25.0 Å². The van der Waals surface area contributed by atoms with Gasteiger partial charge in [-0.3, -0.25) is 4.79 Å². The van der Waals surface area contributed by atoms with E-state index in [0.717, 1.165) is 5.76 Å². The Morgan fingerprint density at radius 1 is 1.28 bits per heavy atom. The fraction of sp³-hybridized carbons (Fsp3) is 0.462. The van der Waals surface area contributed by atoms with Gasteiger partial charge in [-0.2, -0.15) is 10.5 Å². The van der Waals surface area contributed by atoms with Gasteiger partial charge >= 0.3 is 0 Å². The van der Waals surface area contributed by atoms with E-state index in [9.17, 15) is 4.79 Å². The van der Waals surface area contributed by atoms with Crippen LogP contribution >= 0.6 is 0 Å². The Kier molecular flexibility index (Phi) is 6.07. The van der Waals surface area contributed by atoms with Gasteiger partial charge in [0.05, 0.1) is 31.2 Å². The van der Waals surface area contributed by atoms with Crippen molar-refractivity contribution < 1.29 is 9.21 Å². The van der Waals surface area contributed by atoms with Crippen molar-refractivity contribution in [2.75, 3.05) is 13.1 Å². The van der Waals surface area contributed by atoms with Crippen LogP contribution < -0.4 is 0 Å². The highest BCUT2D eigenvalue weighted by atomic mass is 16.3. The summed E-state index contributed by atoms with van der Waals surface area (Å²) < 4.78 is 5.15. The zero-order valence-corrected chi connectivity index (χ0v) is 10.1. The van der Waals surface area contributed by atoms with Crippen molar-refractivity contribution in [3.05, 3.63) is 24.2 Å². The van der Waals surface area contributed by atoms with Gasteiger partial charge in [-0.05, 0) is 12.1 Å². The van der Waals surface area contributed by atoms with Crippen molar-refractivity contribution in [1.82, 2.24) is 4.90 Å². The topological polar surface area (TPSA) is 81.0 Å². The summed E-state index contributed by atoms with van der Waals surface area (Å²) in [6, 6.07) is 7.61. The van der Waals surface area contributed by atoms with E-state index in [4.69, 9.17) is 14.9 Å². The lowest BCUT2D eigenvalue weighted by Gasteiger charge is -2.20. The molecule has 0 spiro atoms. The summed E-state index contributed by atoms with van der Waals surface area (Å²) >= 11 is 0. The van der Waals surface area contributed by atoms with Crippen LogP contribution in [0.4, 0.5) is 0 Å². The lowest BCUT2D eigenvalue weighted by atomic mass is 10.2. The van der Waals surface area contributed by atoms with E-state index in [-0.39, 0.29) is 18.7 Å². The van der Waals surface area contributed by atoms with Gasteiger partial charge < -0.3 is 9.32 Å². The molecule has 94 valence electrons. The standard InChI is InChI=1S/C13H15N3O2/c14-7-2-9-16(10-3-8-15)13(17)6-5-12-4-1-11-18-12/h1,4,11H,2-3,5-6,9-10H2. The molecule has 1 rings (SSSR count). The molecular weight excluding hydrogens is 230 g/mol. The van der Waals surface area contributed by atoms with Crippen LogP contribution in [0, 0.1) is 22.7 Å². The van der Waals surface area contributed by atoms with E-state index in [2.05, 4.69) is 0 Å². The number of carbonyl (C=O) groups is 1. The lowest BCUT2D eigenvalue weighted by Crippen LogP contribution is -2.32. The average molecular weight is 245 g/mol. The number of hydrogen-bond acceptors (Lipinski definition) is 4. The molecule has 0 atom stereocenters. The molecule has 1 amide bonds. The maximum atomic E-state index is 11.9. The summed E-state index contributed by atoms with van der Waals surface area (Å²) in [5, 5.41) is 17.1. The monoisotopic (exact) mass is 245 g/mol. The first-order valence-electron chi connectivity index (χ1n) is 5.82. The Hall–Kier alpha value is -2.27. The molecule has 1 heterocycles. The van der Waals surface area contributed by atoms with Crippen LogP contribution in [-0.2, 0) is 11.2 Å². The van der Waals surface area contributed by atoms with Gasteiger partial charge in [0.25, 0.3) is 0 Å². The molecule has 1 aromatic rings. The highest BCUT2D eigenvalue weighted by Gasteiger charge is 2.13. The number of furan rings is 1. The average Bonchev–Trinajstić information content (AvgIpc) is 2.89. The molecule has 0 aromatic carbocycles. The molecule has 0 N–H and O–H groups in total. The van der Waals surface area contributed by atoms with Gasteiger partial charge in [-0.15, -0.1) is 0 Å². The van der Waals surface area contributed by atoms with Crippen molar-refractivity contribution in [2.45, 2.75) is 25.7 Å². The lowest BCUT2D eigenvalue weighted by molar-refractivity contribution is -0.131. The van der Waals surface area contributed by atoms with Gasteiger partial charge in [0.2, 0.25) is 5.91 Å². The fourth-order valence-corrected chi connectivity index (χ4v) is 1.57. The smallest absolute Gasteiger partial charge is 0.223 e. The molecule has 18 heavy (non-hydrogen) atoms. The van der Waals surface area contributed by atoms with Gasteiger partial charge in [-0.25, -0.2) is 0 Å². The highest BCUT2D eigenvalue weighted by molar-refractivity contribution is 5.76. The molecule has 5 heteroatoms. The quantitative estimate of drug-likeness (QED) is 0.734.